The summed E-state index contributed by atoms with van der Waals surface area (Å²) in [5.41, 5.74) is 2.35. The maximum atomic E-state index is 5.41. The van der Waals surface area contributed by atoms with Crippen LogP contribution in [0.1, 0.15) is 30.0 Å². The zero-order valence-corrected chi connectivity index (χ0v) is 12.0. The Morgan fingerprint density at radius 2 is 2.33 bits per heavy atom. The molecule has 2 aromatic rings. The van der Waals surface area contributed by atoms with Crippen LogP contribution in [0.25, 0.3) is 0 Å². The Morgan fingerprint density at radius 1 is 1.33 bits per heavy atom. The molecule has 0 aromatic carbocycles. The van der Waals surface area contributed by atoms with Gasteiger partial charge in [-0.2, -0.15) is 0 Å². The second-order valence-corrected chi connectivity index (χ2v) is 5.28. The first-order valence-electron chi connectivity index (χ1n) is 7.44. The van der Waals surface area contributed by atoms with Crippen LogP contribution in [-0.2, 0) is 11.2 Å². The number of nitrogens with one attached hydrogen (secondary N) is 1. The minimum Gasteiger partial charge on any atom is -0.381 e. The van der Waals surface area contributed by atoms with Crippen LogP contribution in [0.3, 0.4) is 0 Å². The van der Waals surface area contributed by atoms with E-state index in [9.17, 15) is 0 Å². The van der Waals surface area contributed by atoms with E-state index in [1.54, 1.807) is 12.5 Å². The molecule has 0 aliphatic carbocycles. The fraction of sp³-hybridized carbons (Fsp3) is 0.438. The van der Waals surface area contributed by atoms with Crippen molar-refractivity contribution in [2.75, 3.05) is 25.1 Å². The average Bonchev–Trinajstić information content (AvgIpc) is 3.07. The molecule has 5 nitrogen and oxygen atoms in total. The van der Waals surface area contributed by atoms with Gasteiger partial charge < -0.3 is 10.1 Å². The van der Waals surface area contributed by atoms with Crippen molar-refractivity contribution < 1.29 is 4.74 Å². The lowest BCUT2D eigenvalue weighted by atomic mass is 10.1. The summed E-state index contributed by atoms with van der Waals surface area (Å²) in [6.07, 6.45) is 8.49. The molecule has 5 heteroatoms. The van der Waals surface area contributed by atoms with Crippen molar-refractivity contribution in [1.82, 2.24) is 15.0 Å². The third-order valence-electron chi connectivity index (χ3n) is 3.71. The standard InChI is InChI=1S/C16H20N4O/c1-3-13(10-17-6-1)4-2-7-18-16-9-15(19-12-20-16)14-5-8-21-11-14/h1,3,6,9-10,12,14H,2,4-5,7-8,11H2,(H,18,19,20). The maximum absolute atomic E-state index is 5.41. The summed E-state index contributed by atoms with van der Waals surface area (Å²) in [5.74, 6) is 1.32. The van der Waals surface area contributed by atoms with Gasteiger partial charge in [-0.05, 0) is 30.9 Å². The quantitative estimate of drug-likeness (QED) is 0.825. The van der Waals surface area contributed by atoms with Crippen molar-refractivity contribution in [1.29, 1.82) is 0 Å². The Bertz CT molecular complexity index is 555. The third-order valence-corrected chi connectivity index (χ3v) is 3.71. The van der Waals surface area contributed by atoms with Gasteiger partial charge >= 0.3 is 0 Å². The van der Waals surface area contributed by atoms with Gasteiger partial charge in [0.15, 0.2) is 0 Å². The van der Waals surface area contributed by atoms with Gasteiger partial charge in [0.2, 0.25) is 0 Å². The van der Waals surface area contributed by atoms with Gasteiger partial charge in [0.1, 0.15) is 12.1 Å². The van der Waals surface area contributed by atoms with Crippen LogP contribution >= 0.6 is 0 Å². The highest BCUT2D eigenvalue weighted by Gasteiger charge is 2.19. The van der Waals surface area contributed by atoms with Crippen molar-refractivity contribution >= 4 is 5.82 Å². The summed E-state index contributed by atoms with van der Waals surface area (Å²) in [6.45, 7) is 2.51. The van der Waals surface area contributed by atoms with E-state index in [1.165, 1.54) is 5.56 Å². The molecule has 0 amide bonds. The first-order chi connectivity index (χ1) is 10.4. The van der Waals surface area contributed by atoms with E-state index in [2.05, 4.69) is 26.3 Å². The molecule has 1 aliphatic heterocycles. The van der Waals surface area contributed by atoms with Crippen LogP contribution in [-0.4, -0.2) is 34.7 Å². The largest absolute Gasteiger partial charge is 0.381 e. The molecular weight excluding hydrogens is 264 g/mol. The van der Waals surface area contributed by atoms with Gasteiger partial charge in [-0.25, -0.2) is 9.97 Å². The minimum absolute atomic E-state index is 0.420. The van der Waals surface area contributed by atoms with Gasteiger partial charge in [0, 0.05) is 37.5 Å². The average molecular weight is 284 g/mol. The molecule has 1 fully saturated rings. The van der Waals surface area contributed by atoms with Crippen molar-refractivity contribution in [2.45, 2.75) is 25.2 Å². The molecule has 1 unspecified atom stereocenters. The van der Waals surface area contributed by atoms with E-state index in [0.29, 0.717) is 5.92 Å². The summed E-state index contributed by atoms with van der Waals surface area (Å²) in [4.78, 5) is 12.8. The number of anilines is 1. The van der Waals surface area contributed by atoms with E-state index < -0.39 is 0 Å². The smallest absolute Gasteiger partial charge is 0.129 e. The number of nitrogens with zero attached hydrogens (tertiary/aromatic N) is 3. The summed E-state index contributed by atoms with van der Waals surface area (Å²) in [6, 6.07) is 6.13. The Balaban J connectivity index is 1.48. The van der Waals surface area contributed by atoms with Crippen LogP contribution in [0.5, 0.6) is 0 Å². The zero-order chi connectivity index (χ0) is 14.3. The molecule has 110 valence electrons. The number of hydrogen-bond acceptors (Lipinski definition) is 5. The highest BCUT2D eigenvalue weighted by molar-refractivity contribution is 5.35. The summed E-state index contributed by atoms with van der Waals surface area (Å²) in [5, 5.41) is 3.37. The van der Waals surface area contributed by atoms with Crippen LogP contribution in [0.4, 0.5) is 5.82 Å². The van der Waals surface area contributed by atoms with E-state index in [0.717, 1.165) is 50.5 Å². The van der Waals surface area contributed by atoms with Gasteiger partial charge in [0.25, 0.3) is 0 Å². The van der Waals surface area contributed by atoms with Crippen LogP contribution in [0, 0.1) is 0 Å². The second kappa shape index (κ2) is 7.13. The van der Waals surface area contributed by atoms with E-state index >= 15 is 0 Å². The Labute approximate surface area is 124 Å². The predicted molar refractivity (Wildman–Crippen MR) is 81.3 cm³/mol. The van der Waals surface area contributed by atoms with Crippen molar-refractivity contribution in [3.63, 3.8) is 0 Å². The highest BCUT2D eigenvalue weighted by Crippen LogP contribution is 2.24. The first kappa shape index (κ1) is 13.9. The van der Waals surface area contributed by atoms with Crippen molar-refractivity contribution in [3.8, 4) is 0 Å². The monoisotopic (exact) mass is 284 g/mol. The van der Waals surface area contributed by atoms with Crippen LogP contribution in [0.2, 0.25) is 0 Å². The molecule has 0 saturated carbocycles. The molecule has 1 saturated heterocycles. The Morgan fingerprint density at radius 3 is 3.14 bits per heavy atom. The first-order valence-corrected chi connectivity index (χ1v) is 7.44. The van der Waals surface area contributed by atoms with Crippen molar-refractivity contribution in [2.24, 2.45) is 0 Å². The third kappa shape index (κ3) is 3.98. The lowest BCUT2D eigenvalue weighted by Crippen LogP contribution is -2.07. The number of aryl methyl sites for hydroxylation is 1. The van der Waals surface area contributed by atoms with E-state index in [-0.39, 0.29) is 0 Å². The molecule has 0 bridgehead atoms. The Kier molecular flexibility index (Phi) is 4.74. The van der Waals surface area contributed by atoms with Gasteiger partial charge in [0.05, 0.1) is 12.3 Å². The number of hydrogen-bond donors (Lipinski definition) is 1. The fourth-order valence-electron chi connectivity index (χ4n) is 2.52. The SMILES string of the molecule is c1cncc(CCCNc2cc(C3CCOC3)ncn2)c1. The molecule has 0 radical (unpaired) electrons. The molecule has 3 heterocycles. The van der Waals surface area contributed by atoms with Crippen molar-refractivity contribution in [3.05, 3.63) is 48.2 Å². The van der Waals surface area contributed by atoms with Gasteiger partial charge in [-0.1, -0.05) is 6.07 Å². The summed E-state index contributed by atoms with van der Waals surface area (Å²) >= 11 is 0. The molecule has 0 spiro atoms. The second-order valence-electron chi connectivity index (χ2n) is 5.28. The molecular formula is C16H20N4O. The predicted octanol–water partition coefficient (Wildman–Crippen LogP) is 2.42. The van der Waals surface area contributed by atoms with Crippen LogP contribution < -0.4 is 5.32 Å². The van der Waals surface area contributed by atoms with Crippen LogP contribution in [0.15, 0.2) is 36.9 Å². The van der Waals surface area contributed by atoms with Gasteiger partial charge in [-0.15, -0.1) is 0 Å². The normalized spacial score (nSPS) is 17.8. The number of aromatic nitrogens is 3. The topological polar surface area (TPSA) is 59.9 Å². The fourth-order valence-corrected chi connectivity index (χ4v) is 2.52. The molecule has 1 N–H and O–H groups in total. The minimum atomic E-state index is 0.420. The molecule has 2 aromatic heterocycles. The van der Waals surface area contributed by atoms with E-state index in [4.69, 9.17) is 4.74 Å². The summed E-state index contributed by atoms with van der Waals surface area (Å²) in [7, 11) is 0. The number of rotatable bonds is 6. The zero-order valence-electron chi connectivity index (χ0n) is 12.0. The molecule has 3 rings (SSSR count). The lowest BCUT2D eigenvalue weighted by molar-refractivity contribution is 0.193. The highest BCUT2D eigenvalue weighted by atomic mass is 16.5. The number of pyridine rings is 1. The lowest BCUT2D eigenvalue weighted by Gasteiger charge is -2.09. The molecule has 1 atom stereocenters. The molecule has 1 aliphatic rings. The molecule has 21 heavy (non-hydrogen) atoms. The summed E-state index contributed by atoms with van der Waals surface area (Å²) < 4.78 is 5.41. The maximum Gasteiger partial charge on any atom is 0.129 e. The number of ether oxygens (including phenoxy) is 1. The Hall–Kier alpha value is -2.01. The van der Waals surface area contributed by atoms with E-state index in [1.807, 2.05) is 18.3 Å². The van der Waals surface area contributed by atoms with Gasteiger partial charge in [-0.3, -0.25) is 4.98 Å².